The molecule has 9 heteroatoms. The Morgan fingerprint density at radius 2 is 1.89 bits per heavy atom. The average molecular weight is 523 g/mol. The Kier molecular flexibility index (Phi) is 6.43. The fraction of sp³-hybridized carbons (Fsp3) is 0.345. The van der Waals surface area contributed by atoms with E-state index >= 15 is 0 Å². The second kappa shape index (κ2) is 9.47. The van der Waals surface area contributed by atoms with Gasteiger partial charge in [0.15, 0.2) is 17.3 Å². The third-order valence-corrected chi connectivity index (χ3v) is 7.20. The number of rotatable bonds is 9. The van der Waals surface area contributed by atoms with Crippen LogP contribution in [0.2, 0.25) is 0 Å². The van der Waals surface area contributed by atoms with Crippen molar-refractivity contribution in [1.82, 2.24) is 4.98 Å². The van der Waals surface area contributed by atoms with Crippen LogP contribution in [0, 0.1) is 11.6 Å². The average Bonchev–Trinajstić information content (AvgIpc) is 3.64. The van der Waals surface area contributed by atoms with Crippen molar-refractivity contribution in [1.29, 1.82) is 0 Å². The van der Waals surface area contributed by atoms with E-state index in [0.717, 1.165) is 12.8 Å². The largest absolute Gasteiger partial charge is 0.489 e. The van der Waals surface area contributed by atoms with Crippen molar-refractivity contribution in [3.8, 4) is 22.8 Å². The standard InChI is InChI=1S/C29H28F2N2O5/c1-28(27(32)35)15-37-26-20(28)14-24(33-25(26)16-3-6-18(30)7-4-16)29(2,36)12-11-22(34)17-5-10-21(31)23(13-17)38-19-8-9-19/h3-7,10,13-14,19,36H,8-9,11-12,15H2,1-2H3,(H2,32,35)/t28-,29-/m0/s1. The first-order chi connectivity index (χ1) is 18.0. The Labute approximate surface area is 218 Å². The summed E-state index contributed by atoms with van der Waals surface area (Å²) in [7, 11) is 0. The van der Waals surface area contributed by atoms with E-state index in [2.05, 4.69) is 4.98 Å². The Balaban J connectivity index is 1.45. The van der Waals surface area contributed by atoms with Crippen molar-refractivity contribution in [2.45, 2.75) is 56.7 Å². The minimum atomic E-state index is -1.59. The Morgan fingerprint density at radius 1 is 1.18 bits per heavy atom. The molecule has 2 heterocycles. The SMILES string of the molecule is C[C@](O)(CCC(=O)c1ccc(F)c(OC2CC2)c1)c1cc2c(c(-c3ccc(F)cc3)n1)OC[C@]2(C)C(N)=O. The Bertz CT molecular complexity index is 1420. The Morgan fingerprint density at radius 3 is 2.55 bits per heavy atom. The number of benzene rings is 2. The molecule has 0 spiro atoms. The number of hydrogen-bond acceptors (Lipinski definition) is 6. The van der Waals surface area contributed by atoms with Gasteiger partial charge in [-0.05, 0) is 81.6 Å². The minimum Gasteiger partial charge on any atom is -0.489 e. The van der Waals surface area contributed by atoms with Crippen LogP contribution in [-0.2, 0) is 15.8 Å². The first kappa shape index (κ1) is 25.8. The highest BCUT2D eigenvalue weighted by Crippen LogP contribution is 2.46. The van der Waals surface area contributed by atoms with Crippen molar-refractivity contribution >= 4 is 11.7 Å². The number of nitrogens with zero attached hydrogens (tertiary/aromatic N) is 1. The number of halogens is 2. The van der Waals surface area contributed by atoms with Crippen LogP contribution in [0.5, 0.6) is 11.5 Å². The molecule has 1 aliphatic carbocycles. The fourth-order valence-electron chi connectivity index (χ4n) is 4.43. The normalized spacial score (nSPS) is 19.8. The van der Waals surface area contributed by atoms with E-state index in [1.807, 2.05) is 0 Å². The molecule has 3 N–H and O–H groups in total. The molecule has 5 rings (SSSR count). The number of fused-ring (bicyclic) bond motifs is 1. The highest BCUT2D eigenvalue weighted by atomic mass is 19.1. The van der Waals surface area contributed by atoms with E-state index in [4.69, 9.17) is 15.2 Å². The second-order valence-electron chi connectivity index (χ2n) is 10.4. The third-order valence-electron chi connectivity index (χ3n) is 7.20. The predicted octanol–water partition coefficient (Wildman–Crippen LogP) is 4.57. The predicted molar refractivity (Wildman–Crippen MR) is 135 cm³/mol. The van der Waals surface area contributed by atoms with Crippen LogP contribution >= 0.6 is 0 Å². The highest BCUT2D eigenvalue weighted by molar-refractivity contribution is 5.96. The van der Waals surface area contributed by atoms with E-state index in [1.54, 1.807) is 13.0 Å². The maximum Gasteiger partial charge on any atom is 0.231 e. The summed E-state index contributed by atoms with van der Waals surface area (Å²) in [5, 5.41) is 11.4. The van der Waals surface area contributed by atoms with E-state index in [1.165, 1.54) is 49.4 Å². The number of Topliss-reactive ketones (excluding diaryl/α,β-unsaturated/α-hetero) is 1. The summed E-state index contributed by atoms with van der Waals surface area (Å²) >= 11 is 0. The van der Waals surface area contributed by atoms with Gasteiger partial charge < -0.3 is 20.3 Å². The summed E-state index contributed by atoms with van der Waals surface area (Å²) in [6.07, 6.45) is 1.62. The van der Waals surface area contributed by atoms with E-state index in [9.17, 15) is 23.5 Å². The van der Waals surface area contributed by atoms with E-state index in [0.29, 0.717) is 22.6 Å². The quantitative estimate of drug-likeness (QED) is 0.398. The van der Waals surface area contributed by atoms with Crippen LogP contribution in [0.3, 0.4) is 0 Å². The number of nitrogens with two attached hydrogens (primary N) is 1. The smallest absolute Gasteiger partial charge is 0.231 e. The van der Waals surface area contributed by atoms with Crippen molar-refractivity contribution in [3.63, 3.8) is 0 Å². The van der Waals surface area contributed by atoms with Gasteiger partial charge in [-0.25, -0.2) is 13.8 Å². The molecule has 0 bridgehead atoms. The Hall–Kier alpha value is -3.85. The highest BCUT2D eigenvalue weighted by Gasteiger charge is 2.45. The maximum atomic E-state index is 14.1. The number of aliphatic hydroxyl groups is 1. The van der Waals surface area contributed by atoms with Crippen molar-refractivity contribution < 1.29 is 33.0 Å². The molecule has 0 unspecified atom stereocenters. The van der Waals surface area contributed by atoms with Crippen LogP contribution < -0.4 is 15.2 Å². The van der Waals surface area contributed by atoms with Crippen LogP contribution in [0.4, 0.5) is 8.78 Å². The van der Waals surface area contributed by atoms with E-state index < -0.39 is 28.6 Å². The van der Waals surface area contributed by atoms with Crippen LogP contribution in [0.1, 0.15) is 61.1 Å². The van der Waals surface area contributed by atoms with Crippen LogP contribution in [0.25, 0.3) is 11.3 Å². The molecule has 1 amide bonds. The van der Waals surface area contributed by atoms with Gasteiger partial charge >= 0.3 is 0 Å². The minimum absolute atomic E-state index is 0.00650. The van der Waals surface area contributed by atoms with Gasteiger partial charge in [0.05, 0.1) is 11.8 Å². The number of amides is 1. The molecule has 1 aliphatic heterocycles. The molecule has 7 nitrogen and oxygen atoms in total. The topological polar surface area (TPSA) is 112 Å². The van der Waals surface area contributed by atoms with Crippen molar-refractivity contribution in [2.24, 2.45) is 5.73 Å². The number of aromatic nitrogens is 1. The van der Waals surface area contributed by atoms with Gasteiger partial charge in [0.1, 0.15) is 34.9 Å². The summed E-state index contributed by atoms with van der Waals surface area (Å²) in [6, 6.07) is 11.2. The summed E-state index contributed by atoms with van der Waals surface area (Å²) < 4.78 is 39.1. The number of ketones is 1. The van der Waals surface area contributed by atoms with Gasteiger partial charge in [0.25, 0.3) is 0 Å². The fourth-order valence-corrected chi connectivity index (χ4v) is 4.43. The van der Waals surface area contributed by atoms with Crippen molar-refractivity contribution in [3.05, 3.63) is 77.0 Å². The molecular formula is C29H28F2N2O5. The lowest BCUT2D eigenvalue weighted by Crippen LogP contribution is -2.40. The first-order valence-electron chi connectivity index (χ1n) is 12.4. The molecule has 1 fully saturated rings. The van der Waals surface area contributed by atoms with Gasteiger partial charge in [-0.1, -0.05) is 0 Å². The summed E-state index contributed by atoms with van der Waals surface area (Å²) in [4.78, 5) is 29.9. The molecule has 3 aromatic rings. The van der Waals surface area contributed by atoms with Gasteiger partial charge in [-0.15, -0.1) is 0 Å². The number of primary amides is 1. The van der Waals surface area contributed by atoms with Gasteiger partial charge in [0.2, 0.25) is 5.91 Å². The molecule has 2 atom stereocenters. The molecule has 1 aromatic heterocycles. The lowest BCUT2D eigenvalue weighted by atomic mass is 9.81. The van der Waals surface area contributed by atoms with Gasteiger partial charge in [-0.3, -0.25) is 9.59 Å². The molecule has 0 saturated heterocycles. The third kappa shape index (κ3) is 4.86. The monoisotopic (exact) mass is 522 g/mol. The summed E-state index contributed by atoms with van der Waals surface area (Å²) in [5.41, 5.74) is 4.75. The summed E-state index contributed by atoms with van der Waals surface area (Å²) in [5.74, 6) is -1.48. The number of hydrogen-bond donors (Lipinski definition) is 2. The molecule has 38 heavy (non-hydrogen) atoms. The second-order valence-corrected chi connectivity index (χ2v) is 10.4. The number of carbonyl (C=O) groups excluding carboxylic acids is 2. The molecule has 2 aliphatic rings. The van der Waals surface area contributed by atoms with Crippen molar-refractivity contribution in [2.75, 3.05) is 6.61 Å². The lowest BCUT2D eigenvalue weighted by Gasteiger charge is -2.26. The molecular weight excluding hydrogens is 494 g/mol. The lowest BCUT2D eigenvalue weighted by molar-refractivity contribution is -0.123. The zero-order valence-electron chi connectivity index (χ0n) is 21.1. The molecule has 2 aromatic carbocycles. The molecule has 0 radical (unpaired) electrons. The zero-order valence-corrected chi connectivity index (χ0v) is 21.1. The maximum absolute atomic E-state index is 14.1. The number of carbonyl (C=O) groups is 2. The van der Waals surface area contributed by atoms with Crippen LogP contribution in [0.15, 0.2) is 48.5 Å². The molecule has 1 saturated carbocycles. The number of ether oxygens (including phenoxy) is 2. The summed E-state index contributed by atoms with van der Waals surface area (Å²) in [6.45, 7) is 3.16. The number of pyridine rings is 1. The van der Waals surface area contributed by atoms with Gasteiger partial charge in [-0.2, -0.15) is 0 Å². The van der Waals surface area contributed by atoms with E-state index in [-0.39, 0.29) is 48.3 Å². The molecule has 198 valence electrons. The zero-order chi connectivity index (χ0) is 27.2. The van der Waals surface area contributed by atoms with Gasteiger partial charge in [0, 0.05) is 23.1 Å². The first-order valence-corrected chi connectivity index (χ1v) is 12.4. The van der Waals surface area contributed by atoms with Crippen LogP contribution in [-0.4, -0.2) is 34.5 Å².